The first-order valence-corrected chi connectivity index (χ1v) is 6.50. The summed E-state index contributed by atoms with van der Waals surface area (Å²) in [6, 6.07) is 16.1. The molecule has 0 unspecified atom stereocenters. The van der Waals surface area contributed by atoms with Gasteiger partial charge >= 0.3 is 0 Å². The number of para-hydroxylation sites is 1. The highest BCUT2D eigenvalue weighted by Crippen LogP contribution is 2.30. The second-order valence-electron chi connectivity index (χ2n) is 4.47. The van der Waals surface area contributed by atoms with Gasteiger partial charge in [-0.15, -0.1) is 0 Å². The van der Waals surface area contributed by atoms with Crippen LogP contribution in [0.25, 0.3) is 10.9 Å². The second-order valence-corrected chi connectivity index (χ2v) is 4.83. The van der Waals surface area contributed by atoms with Crippen molar-refractivity contribution in [3.8, 4) is 6.07 Å². The van der Waals surface area contributed by atoms with Gasteiger partial charge in [-0.2, -0.15) is 5.26 Å². The highest BCUT2D eigenvalue weighted by Gasteiger charge is 2.16. The van der Waals surface area contributed by atoms with Crippen molar-refractivity contribution in [3.63, 3.8) is 0 Å². The van der Waals surface area contributed by atoms with Crippen LogP contribution in [0.2, 0.25) is 5.15 Å². The van der Waals surface area contributed by atoms with Gasteiger partial charge < -0.3 is 4.57 Å². The van der Waals surface area contributed by atoms with E-state index in [4.69, 9.17) is 11.6 Å². The van der Waals surface area contributed by atoms with Gasteiger partial charge in [-0.05, 0) is 12.1 Å². The first-order chi connectivity index (χ1) is 9.72. The quantitative estimate of drug-likeness (QED) is 0.687. The van der Waals surface area contributed by atoms with Crippen LogP contribution in [0, 0.1) is 17.1 Å². The minimum Gasteiger partial charge on any atom is -0.326 e. The third-order valence-corrected chi connectivity index (χ3v) is 3.70. The molecular formula is C16H10ClFN2. The molecule has 0 aliphatic carbocycles. The van der Waals surface area contributed by atoms with E-state index >= 15 is 0 Å². The summed E-state index contributed by atoms with van der Waals surface area (Å²) in [5.74, 6) is -0.278. The van der Waals surface area contributed by atoms with Gasteiger partial charge in [-0.25, -0.2) is 4.39 Å². The molecule has 2 aromatic carbocycles. The molecular weight excluding hydrogens is 275 g/mol. The Morgan fingerprint density at radius 1 is 1.10 bits per heavy atom. The summed E-state index contributed by atoms with van der Waals surface area (Å²) in [7, 11) is 0. The minimum absolute atomic E-state index is 0.278. The van der Waals surface area contributed by atoms with Crippen LogP contribution in [0.1, 0.15) is 11.1 Å². The fraction of sp³-hybridized carbons (Fsp3) is 0.0625. The highest BCUT2D eigenvalue weighted by atomic mass is 35.5. The third kappa shape index (κ3) is 1.95. The number of nitrogens with zero attached hydrogens (tertiary/aromatic N) is 2. The monoisotopic (exact) mass is 284 g/mol. The van der Waals surface area contributed by atoms with Gasteiger partial charge in [-0.3, -0.25) is 0 Å². The molecule has 1 heterocycles. The molecule has 0 spiro atoms. The number of hydrogen-bond donors (Lipinski definition) is 0. The first-order valence-electron chi connectivity index (χ1n) is 6.12. The number of hydrogen-bond acceptors (Lipinski definition) is 1. The Morgan fingerprint density at radius 2 is 1.80 bits per heavy atom. The Labute approximate surface area is 120 Å². The molecule has 0 fully saturated rings. The fourth-order valence-corrected chi connectivity index (χ4v) is 2.63. The van der Waals surface area contributed by atoms with Crippen LogP contribution in [0.4, 0.5) is 4.39 Å². The molecule has 20 heavy (non-hydrogen) atoms. The lowest BCUT2D eigenvalue weighted by Crippen LogP contribution is -2.01. The van der Waals surface area contributed by atoms with E-state index in [1.165, 1.54) is 6.07 Å². The largest absolute Gasteiger partial charge is 0.326 e. The molecule has 2 nitrogen and oxygen atoms in total. The van der Waals surface area contributed by atoms with Crippen molar-refractivity contribution in [1.29, 1.82) is 5.26 Å². The maximum Gasteiger partial charge on any atom is 0.128 e. The Hall–Kier alpha value is -2.31. The molecule has 0 aliphatic rings. The number of aromatic nitrogens is 1. The normalized spacial score (nSPS) is 10.7. The zero-order chi connectivity index (χ0) is 14.1. The molecule has 3 rings (SSSR count). The molecule has 0 amide bonds. The summed E-state index contributed by atoms with van der Waals surface area (Å²) in [4.78, 5) is 0. The van der Waals surface area contributed by atoms with Crippen LogP contribution in [0.15, 0.2) is 48.5 Å². The molecule has 0 saturated carbocycles. The molecule has 0 radical (unpaired) electrons. The Bertz CT molecular complexity index is 830. The fourth-order valence-electron chi connectivity index (χ4n) is 2.33. The van der Waals surface area contributed by atoms with Crippen LogP contribution < -0.4 is 0 Å². The summed E-state index contributed by atoms with van der Waals surface area (Å²) in [5, 5.41) is 10.4. The summed E-state index contributed by atoms with van der Waals surface area (Å²) in [6.07, 6.45) is 0. The lowest BCUT2D eigenvalue weighted by molar-refractivity contribution is 0.602. The van der Waals surface area contributed by atoms with Crippen LogP contribution in [-0.2, 0) is 6.54 Å². The van der Waals surface area contributed by atoms with Crippen molar-refractivity contribution in [1.82, 2.24) is 4.57 Å². The average Bonchev–Trinajstić information content (AvgIpc) is 2.74. The van der Waals surface area contributed by atoms with Gasteiger partial charge in [0.15, 0.2) is 0 Å². The van der Waals surface area contributed by atoms with E-state index in [1.54, 1.807) is 22.8 Å². The van der Waals surface area contributed by atoms with Crippen LogP contribution in [-0.4, -0.2) is 4.57 Å². The van der Waals surface area contributed by atoms with Crippen molar-refractivity contribution in [2.45, 2.75) is 6.54 Å². The van der Waals surface area contributed by atoms with Crippen molar-refractivity contribution < 1.29 is 4.39 Å². The van der Waals surface area contributed by atoms with Gasteiger partial charge in [0.25, 0.3) is 0 Å². The average molecular weight is 285 g/mol. The van der Waals surface area contributed by atoms with E-state index in [-0.39, 0.29) is 5.82 Å². The molecule has 0 aliphatic heterocycles. The molecule has 1 aromatic heterocycles. The van der Waals surface area contributed by atoms with E-state index < -0.39 is 0 Å². The molecule has 3 aromatic rings. The topological polar surface area (TPSA) is 28.7 Å². The predicted molar refractivity (Wildman–Crippen MR) is 77.2 cm³/mol. The second kappa shape index (κ2) is 4.99. The van der Waals surface area contributed by atoms with Gasteiger partial charge in [-0.1, -0.05) is 48.0 Å². The summed E-state index contributed by atoms with van der Waals surface area (Å²) in [5.41, 5.74) is 1.80. The molecule has 0 bridgehead atoms. The zero-order valence-corrected chi connectivity index (χ0v) is 11.2. The molecule has 0 saturated heterocycles. The lowest BCUT2D eigenvalue weighted by Gasteiger charge is -2.08. The van der Waals surface area contributed by atoms with Crippen molar-refractivity contribution in [2.75, 3.05) is 0 Å². The molecule has 0 atom stereocenters. The van der Waals surface area contributed by atoms with Crippen LogP contribution in [0.5, 0.6) is 0 Å². The van der Waals surface area contributed by atoms with Crippen molar-refractivity contribution in [3.05, 3.63) is 70.6 Å². The lowest BCUT2D eigenvalue weighted by atomic mass is 10.2. The van der Waals surface area contributed by atoms with Crippen molar-refractivity contribution in [2.24, 2.45) is 0 Å². The highest BCUT2D eigenvalue weighted by molar-refractivity contribution is 6.32. The Morgan fingerprint density at radius 3 is 2.55 bits per heavy atom. The summed E-state index contributed by atoms with van der Waals surface area (Å²) < 4.78 is 15.5. The summed E-state index contributed by atoms with van der Waals surface area (Å²) in [6.45, 7) is 0.299. The number of benzene rings is 2. The van der Waals surface area contributed by atoms with Gasteiger partial charge in [0.2, 0.25) is 0 Å². The Kier molecular flexibility index (Phi) is 3.17. The zero-order valence-electron chi connectivity index (χ0n) is 10.5. The van der Waals surface area contributed by atoms with Gasteiger partial charge in [0.05, 0.1) is 17.6 Å². The van der Waals surface area contributed by atoms with Crippen LogP contribution in [0.3, 0.4) is 0 Å². The smallest absolute Gasteiger partial charge is 0.128 e. The van der Waals surface area contributed by atoms with Gasteiger partial charge in [0.1, 0.15) is 17.0 Å². The van der Waals surface area contributed by atoms with Gasteiger partial charge in [0, 0.05) is 10.9 Å². The first kappa shape index (κ1) is 12.7. The number of nitriles is 1. The number of fused-ring (bicyclic) bond motifs is 1. The molecule has 98 valence electrons. The SMILES string of the molecule is N#Cc1c(Cl)n(Cc2ccccc2F)c2ccccc12. The van der Waals surface area contributed by atoms with E-state index in [1.807, 2.05) is 24.3 Å². The van der Waals surface area contributed by atoms with Crippen LogP contribution >= 0.6 is 11.6 Å². The standard InChI is InChI=1S/C16H10ClFN2/c17-16-13(9-19)12-6-2-4-8-15(12)20(16)10-11-5-1-3-7-14(11)18/h1-8H,10H2. The molecule has 4 heteroatoms. The van der Waals surface area contributed by atoms with E-state index in [0.29, 0.717) is 22.8 Å². The number of halogens is 2. The maximum absolute atomic E-state index is 13.8. The van der Waals surface area contributed by atoms with E-state index in [0.717, 1.165) is 10.9 Å². The Balaban J connectivity index is 2.20. The minimum atomic E-state index is -0.278. The predicted octanol–water partition coefficient (Wildman–Crippen LogP) is 4.35. The number of rotatable bonds is 2. The molecule has 0 N–H and O–H groups in total. The maximum atomic E-state index is 13.8. The van der Waals surface area contributed by atoms with E-state index in [9.17, 15) is 9.65 Å². The van der Waals surface area contributed by atoms with Crippen molar-refractivity contribution >= 4 is 22.5 Å². The van der Waals surface area contributed by atoms with E-state index in [2.05, 4.69) is 6.07 Å². The third-order valence-electron chi connectivity index (χ3n) is 3.31. The summed E-state index contributed by atoms with van der Waals surface area (Å²) >= 11 is 6.27.